The summed E-state index contributed by atoms with van der Waals surface area (Å²) in [7, 11) is 1.98. The van der Waals surface area contributed by atoms with Gasteiger partial charge in [-0.05, 0) is 50.9 Å². The van der Waals surface area contributed by atoms with E-state index < -0.39 is 0 Å². The average molecular weight is 371 g/mol. The van der Waals surface area contributed by atoms with Gasteiger partial charge in [0.15, 0.2) is 0 Å². The van der Waals surface area contributed by atoms with Crippen molar-refractivity contribution in [2.75, 3.05) is 26.7 Å². The molecule has 1 amide bonds. The molecule has 2 heterocycles. The first-order valence-corrected chi connectivity index (χ1v) is 9.49. The van der Waals surface area contributed by atoms with Crippen molar-refractivity contribution < 1.29 is 4.79 Å². The van der Waals surface area contributed by atoms with Gasteiger partial charge in [0.05, 0.1) is 5.02 Å². The van der Waals surface area contributed by atoms with Crippen LogP contribution < -0.4 is 5.32 Å². The van der Waals surface area contributed by atoms with Crippen molar-refractivity contribution in [3.63, 3.8) is 0 Å². The molecule has 124 valence electrons. The van der Waals surface area contributed by atoms with Gasteiger partial charge in [-0.2, -0.15) is 0 Å². The molecule has 0 spiro atoms. The predicted octanol–water partition coefficient (Wildman–Crippen LogP) is 4.67. The Morgan fingerprint density at radius 1 is 1.35 bits per heavy atom. The molecule has 1 N–H and O–H groups in total. The maximum Gasteiger partial charge on any atom is 0.265 e. The number of carbonyl (C=O) groups is 1. The van der Waals surface area contributed by atoms with Crippen LogP contribution in [0, 0.1) is 5.92 Å². The number of fused-ring (bicyclic) bond motifs is 1. The Bertz CT molecular complexity index is 708. The first-order valence-electron chi connectivity index (χ1n) is 7.91. The lowest BCUT2D eigenvalue weighted by atomic mass is 9.93. The first-order chi connectivity index (χ1) is 11.1. The molecule has 3 nitrogen and oxygen atoms in total. The van der Waals surface area contributed by atoms with Crippen molar-refractivity contribution in [2.45, 2.75) is 19.3 Å². The van der Waals surface area contributed by atoms with Gasteiger partial charge in [-0.15, -0.1) is 11.3 Å². The lowest BCUT2D eigenvalue weighted by molar-refractivity contribution is 0.0692. The quantitative estimate of drug-likeness (QED) is 0.847. The molecule has 6 heteroatoms. The number of carbonyl (C=O) groups excluding carboxylic acids is 1. The molecule has 0 bridgehead atoms. The number of likely N-dealkylation sites (tertiary alicyclic amines) is 1. The summed E-state index contributed by atoms with van der Waals surface area (Å²) in [5, 5.41) is 5.33. The third-order valence-electron chi connectivity index (χ3n) is 4.49. The SMILES string of the molecule is CNCCC1CCN(C(=O)c2sc3cc(Cl)ccc3c2Cl)CC1. The highest BCUT2D eigenvalue weighted by Crippen LogP contribution is 2.37. The van der Waals surface area contributed by atoms with Gasteiger partial charge in [0.1, 0.15) is 4.88 Å². The van der Waals surface area contributed by atoms with E-state index in [-0.39, 0.29) is 5.91 Å². The zero-order chi connectivity index (χ0) is 16.4. The number of nitrogens with one attached hydrogen (secondary N) is 1. The Balaban J connectivity index is 1.73. The highest BCUT2D eigenvalue weighted by molar-refractivity contribution is 7.21. The fraction of sp³-hybridized carbons (Fsp3) is 0.471. The molecule has 0 radical (unpaired) electrons. The van der Waals surface area contributed by atoms with Crippen LogP contribution in [-0.2, 0) is 0 Å². The standard InChI is InChI=1S/C17H20Cl2N2OS/c1-20-7-4-11-5-8-21(9-6-11)17(22)16-15(19)13-3-2-12(18)10-14(13)23-16/h2-3,10-11,20H,4-9H2,1H3. The molecule has 1 aromatic carbocycles. The van der Waals surface area contributed by atoms with E-state index in [1.807, 2.05) is 30.1 Å². The Morgan fingerprint density at radius 3 is 2.78 bits per heavy atom. The van der Waals surface area contributed by atoms with Gasteiger partial charge in [0, 0.05) is 28.2 Å². The zero-order valence-electron chi connectivity index (χ0n) is 13.1. The molecule has 1 aromatic heterocycles. The molecule has 0 atom stereocenters. The molecule has 3 rings (SSSR count). The fourth-order valence-electron chi connectivity index (χ4n) is 3.09. The number of rotatable bonds is 4. The van der Waals surface area contributed by atoms with Gasteiger partial charge in [-0.25, -0.2) is 0 Å². The second-order valence-corrected chi connectivity index (χ2v) is 7.88. The van der Waals surface area contributed by atoms with Crippen LogP contribution in [-0.4, -0.2) is 37.5 Å². The van der Waals surface area contributed by atoms with Crippen molar-refractivity contribution in [3.8, 4) is 0 Å². The summed E-state index contributed by atoms with van der Waals surface area (Å²) in [6.45, 7) is 2.68. The van der Waals surface area contributed by atoms with Gasteiger partial charge < -0.3 is 10.2 Å². The third-order valence-corrected chi connectivity index (χ3v) is 6.37. The van der Waals surface area contributed by atoms with E-state index in [4.69, 9.17) is 23.2 Å². The van der Waals surface area contributed by atoms with Crippen molar-refractivity contribution in [1.82, 2.24) is 10.2 Å². The predicted molar refractivity (Wildman–Crippen MR) is 99.0 cm³/mol. The van der Waals surface area contributed by atoms with Crippen molar-refractivity contribution in [2.24, 2.45) is 5.92 Å². The lowest BCUT2D eigenvalue weighted by Crippen LogP contribution is -2.38. The minimum atomic E-state index is 0.0550. The number of piperidine rings is 1. The van der Waals surface area contributed by atoms with Gasteiger partial charge in [0.2, 0.25) is 0 Å². The fourth-order valence-corrected chi connectivity index (χ4v) is 4.85. The van der Waals surface area contributed by atoms with Crippen molar-refractivity contribution >= 4 is 50.5 Å². The van der Waals surface area contributed by atoms with Gasteiger partial charge in [-0.3, -0.25) is 4.79 Å². The summed E-state index contributed by atoms with van der Waals surface area (Å²) in [4.78, 5) is 15.4. The Labute approximate surface area is 150 Å². The molecule has 23 heavy (non-hydrogen) atoms. The van der Waals surface area contributed by atoms with Crippen molar-refractivity contribution in [3.05, 3.63) is 33.1 Å². The largest absolute Gasteiger partial charge is 0.338 e. The van der Waals surface area contributed by atoms with Crippen LogP contribution in [0.15, 0.2) is 18.2 Å². The van der Waals surface area contributed by atoms with Crippen LogP contribution in [0.25, 0.3) is 10.1 Å². The van der Waals surface area contributed by atoms with E-state index in [0.29, 0.717) is 20.8 Å². The molecule has 1 aliphatic heterocycles. The second kappa shape index (κ2) is 7.39. The molecule has 1 aliphatic rings. The number of hydrogen-bond donors (Lipinski definition) is 1. The van der Waals surface area contributed by atoms with Crippen LogP contribution in [0.3, 0.4) is 0 Å². The maximum atomic E-state index is 12.8. The second-order valence-electron chi connectivity index (χ2n) is 6.01. The number of thiophene rings is 1. The summed E-state index contributed by atoms with van der Waals surface area (Å²) < 4.78 is 0.967. The third kappa shape index (κ3) is 3.66. The van der Waals surface area contributed by atoms with Gasteiger partial charge >= 0.3 is 0 Å². The number of hydrogen-bond acceptors (Lipinski definition) is 3. The lowest BCUT2D eigenvalue weighted by Gasteiger charge is -2.31. The van der Waals surface area contributed by atoms with Gasteiger partial charge in [-0.1, -0.05) is 29.3 Å². The number of benzene rings is 1. The van der Waals surface area contributed by atoms with E-state index in [1.54, 1.807) is 0 Å². The van der Waals surface area contributed by atoms with E-state index >= 15 is 0 Å². The van der Waals surface area contributed by atoms with E-state index in [0.717, 1.165) is 42.6 Å². The minimum absolute atomic E-state index is 0.0550. The topological polar surface area (TPSA) is 32.3 Å². The molecule has 0 saturated carbocycles. The van der Waals surface area contributed by atoms with Crippen LogP contribution in [0.2, 0.25) is 10.0 Å². The van der Waals surface area contributed by atoms with E-state index in [1.165, 1.54) is 17.8 Å². The summed E-state index contributed by atoms with van der Waals surface area (Å²) in [6, 6.07) is 5.56. The monoisotopic (exact) mass is 370 g/mol. The van der Waals surface area contributed by atoms with Gasteiger partial charge in [0.25, 0.3) is 5.91 Å². The Morgan fingerprint density at radius 2 is 2.09 bits per heavy atom. The minimum Gasteiger partial charge on any atom is -0.338 e. The van der Waals surface area contributed by atoms with Crippen LogP contribution in [0.1, 0.15) is 28.9 Å². The van der Waals surface area contributed by atoms with Crippen LogP contribution in [0.4, 0.5) is 0 Å². The van der Waals surface area contributed by atoms with E-state index in [2.05, 4.69) is 5.32 Å². The van der Waals surface area contributed by atoms with Crippen LogP contribution >= 0.6 is 34.5 Å². The highest BCUT2D eigenvalue weighted by Gasteiger charge is 2.26. The Hall–Kier alpha value is -0.810. The van der Waals surface area contributed by atoms with Crippen LogP contribution in [0.5, 0.6) is 0 Å². The Kier molecular flexibility index (Phi) is 5.47. The molecular weight excluding hydrogens is 351 g/mol. The molecule has 1 saturated heterocycles. The highest BCUT2D eigenvalue weighted by atomic mass is 35.5. The summed E-state index contributed by atoms with van der Waals surface area (Å²) in [6.07, 6.45) is 3.32. The van der Waals surface area contributed by atoms with E-state index in [9.17, 15) is 4.79 Å². The molecule has 0 aliphatic carbocycles. The normalized spacial score (nSPS) is 16.2. The molecule has 0 unspecified atom stereocenters. The average Bonchev–Trinajstić information content (AvgIpc) is 2.89. The molecule has 2 aromatic rings. The number of halogens is 2. The van der Waals surface area contributed by atoms with Crippen molar-refractivity contribution in [1.29, 1.82) is 0 Å². The number of amides is 1. The zero-order valence-corrected chi connectivity index (χ0v) is 15.4. The summed E-state index contributed by atoms with van der Waals surface area (Å²) in [5.41, 5.74) is 0. The first kappa shape index (κ1) is 17.0. The summed E-state index contributed by atoms with van der Waals surface area (Å²) >= 11 is 13.9. The molecular formula is C17H20Cl2N2OS. The molecule has 1 fully saturated rings. The number of nitrogens with zero attached hydrogens (tertiary/aromatic N) is 1. The maximum absolute atomic E-state index is 12.8. The summed E-state index contributed by atoms with van der Waals surface area (Å²) in [5.74, 6) is 0.766. The smallest absolute Gasteiger partial charge is 0.265 e.